The number of carbonyl (C=O) groups excluding carboxylic acids is 3. The topological polar surface area (TPSA) is 113 Å². The summed E-state index contributed by atoms with van der Waals surface area (Å²) in [6.07, 6.45) is 1.35. The molecule has 0 spiro atoms. The number of carboxylic acids is 1. The van der Waals surface area contributed by atoms with Gasteiger partial charge < -0.3 is 15.2 Å². The maximum absolute atomic E-state index is 13.7. The standard InChI is InChI=1S/C20H14F2N2O6S/c21-12-5-6-14(13(22)8-12)23-17(25)9-24-19(28)16(31-20(24)29)7-11-3-1-2-4-15(11)30-10-18(26)27/h1-8H,9-10H2,(H,23,25)(H,26,27)/b16-7+. The first-order chi connectivity index (χ1) is 14.7. The van der Waals surface area contributed by atoms with Crippen molar-refractivity contribution in [2.45, 2.75) is 0 Å². The van der Waals surface area contributed by atoms with Gasteiger partial charge in [-0.15, -0.1) is 0 Å². The summed E-state index contributed by atoms with van der Waals surface area (Å²) in [5, 5.41) is 10.2. The molecule has 11 heteroatoms. The highest BCUT2D eigenvalue weighted by molar-refractivity contribution is 8.18. The van der Waals surface area contributed by atoms with Crippen LogP contribution in [0.15, 0.2) is 47.4 Å². The molecule has 3 amide bonds. The Labute approximate surface area is 178 Å². The van der Waals surface area contributed by atoms with Crippen molar-refractivity contribution in [1.29, 1.82) is 0 Å². The molecule has 1 aliphatic heterocycles. The lowest BCUT2D eigenvalue weighted by molar-refractivity contribution is -0.139. The molecule has 1 aliphatic rings. The number of ether oxygens (including phenoxy) is 1. The molecule has 2 N–H and O–H groups in total. The minimum Gasteiger partial charge on any atom is -0.481 e. The zero-order valence-electron chi connectivity index (χ0n) is 15.6. The molecule has 8 nitrogen and oxygen atoms in total. The Bertz CT molecular complexity index is 1100. The maximum atomic E-state index is 13.7. The van der Waals surface area contributed by atoms with Crippen LogP contribution in [0.5, 0.6) is 5.75 Å². The third kappa shape index (κ3) is 5.45. The molecule has 0 atom stereocenters. The number of benzene rings is 2. The number of amides is 3. The monoisotopic (exact) mass is 448 g/mol. The van der Waals surface area contributed by atoms with Crippen molar-refractivity contribution >= 4 is 46.5 Å². The van der Waals surface area contributed by atoms with E-state index in [9.17, 15) is 28.0 Å². The van der Waals surface area contributed by atoms with Gasteiger partial charge in [-0.05, 0) is 36.0 Å². The Balaban J connectivity index is 1.72. The smallest absolute Gasteiger partial charge is 0.341 e. The number of rotatable bonds is 7. The molecule has 0 aromatic heterocycles. The quantitative estimate of drug-likeness (QED) is 0.626. The van der Waals surface area contributed by atoms with Gasteiger partial charge in [0.15, 0.2) is 6.61 Å². The van der Waals surface area contributed by atoms with Crippen molar-refractivity contribution < 1.29 is 37.8 Å². The third-order valence-corrected chi connectivity index (χ3v) is 4.84. The summed E-state index contributed by atoms with van der Waals surface area (Å²) in [6.45, 7) is -1.26. The number of thioether (sulfide) groups is 1. The second kappa shape index (κ2) is 9.39. The second-order valence-corrected chi connectivity index (χ2v) is 7.15. The van der Waals surface area contributed by atoms with Crippen molar-refractivity contribution in [2.24, 2.45) is 0 Å². The number of halogens is 2. The molecule has 0 aliphatic carbocycles. The highest BCUT2D eigenvalue weighted by Gasteiger charge is 2.36. The van der Waals surface area contributed by atoms with Crippen LogP contribution in [0.25, 0.3) is 6.08 Å². The van der Waals surface area contributed by atoms with E-state index in [2.05, 4.69) is 5.32 Å². The Kier molecular flexibility index (Phi) is 6.65. The van der Waals surface area contributed by atoms with Crippen molar-refractivity contribution in [3.63, 3.8) is 0 Å². The molecule has 2 aromatic rings. The van der Waals surface area contributed by atoms with E-state index in [1.807, 2.05) is 0 Å². The average molecular weight is 448 g/mol. The summed E-state index contributed by atoms with van der Waals surface area (Å²) in [4.78, 5) is 48.3. The minimum absolute atomic E-state index is 0.00265. The molecular weight excluding hydrogens is 434 g/mol. The third-order valence-electron chi connectivity index (χ3n) is 3.94. The number of anilines is 1. The van der Waals surface area contributed by atoms with Crippen LogP contribution < -0.4 is 10.1 Å². The van der Waals surface area contributed by atoms with E-state index in [-0.39, 0.29) is 16.3 Å². The largest absolute Gasteiger partial charge is 0.481 e. The fourth-order valence-corrected chi connectivity index (χ4v) is 3.40. The highest BCUT2D eigenvalue weighted by atomic mass is 32.2. The fraction of sp³-hybridized carbons (Fsp3) is 0.100. The summed E-state index contributed by atoms with van der Waals surface area (Å²) in [7, 11) is 0. The summed E-state index contributed by atoms with van der Waals surface area (Å²) in [6, 6.07) is 8.87. The van der Waals surface area contributed by atoms with Crippen LogP contribution in [0.4, 0.5) is 19.3 Å². The number of imide groups is 1. The first-order valence-corrected chi connectivity index (χ1v) is 9.50. The van der Waals surface area contributed by atoms with E-state index < -0.39 is 47.8 Å². The van der Waals surface area contributed by atoms with E-state index in [1.54, 1.807) is 18.2 Å². The molecule has 1 heterocycles. The molecule has 31 heavy (non-hydrogen) atoms. The molecule has 0 unspecified atom stereocenters. The van der Waals surface area contributed by atoms with Crippen LogP contribution in [-0.4, -0.2) is 46.2 Å². The van der Waals surface area contributed by atoms with Crippen LogP contribution in [0.2, 0.25) is 0 Å². The lowest BCUT2D eigenvalue weighted by atomic mass is 10.2. The highest BCUT2D eigenvalue weighted by Crippen LogP contribution is 2.34. The average Bonchev–Trinajstić information content (AvgIpc) is 2.97. The van der Waals surface area contributed by atoms with Gasteiger partial charge in [0.05, 0.1) is 10.6 Å². The SMILES string of the molecule is O=C(O)COc1ccccc1/C=C1/SC(=O)N(CC(=O)Nc2ccc(F)cc2F)C1=O. The Hall–Kier alpha value is -3.73. The molecule has 2 aromatic carbocycles. The van der Waals surface area contributed by atoms with E-state index in [0.717, 1.165) is 12.1 Å². The number of aliphatic carboxylic acids is 1. The van der Waals surface area contributed by atoms with Crippen molar-refractivity contribution in [1.82, 2.24) is 4.90 Å². The molecule has 0 bridgehead atoms. The van der Waals surface area contributed by atoms with Gasteiger partial charge in [-0.1, -0.05) is 18.2 Å². The van der Waals surface area contributed by atoms with Crippen LogP contribution >= 0.6 is 11.8 Å². The molecule has 1 fully saturated rings. The van der Waals surface area contributed by atoms with Gasteiger partial charge in [0.2, 0.25) is 5.91 Å². The molecule has 160 valence electrons. The first-order valence-electron chi connectivity index (χ1n) is 8.68. The van der Waals surface area contributed by atoms with Gasteiger partial charge in [0.25, 0.3) is 11.1 Å². The Morgan fingerprint density at radius 1 is 1.16 bits per heavy atom. The summed E-state index contributed by atoms with van der Waals surface area (Å²) in [5.74, 6) is -4.41. The van der Waals surface area contributed by atoms with E-state index >= 15 is 0 Å². The number of para-hydroxylation sites is 1. The van der Waals surface area contributed by atoms with Gasteiger partial charge >= 0.3 is 5.97 Å². The summed E-state index contributed by atoms with van der Waals surface area (Å²) in [5.41, 5.74) is 0.0745. The van der Waals surface area contributed by atoms with E-state index in [1.165, 1.54) is 12.1 Å². The van der Waals surface area contributed by atoms with Gasteiger partial charge in [-0.2, -0.15) is 0 Å². The predicted octanol–water partition coefficient (Wildman–Crippen LogP) is 3.10. The summed E-state index contributed by atoms with van der Waals surface area (Å²) >= 11 is 0.586. The summed E-state index contributed by atoms with van der Waals surface area (Å²) < 4.78 is 31.8. The van der Waals surface area contributed by atoms with E-state index in [4.69, 9.17) is 9.84 Å². The number of nitrogens with zero attached hydrogens (tertiary/aromatic N) is 1. The van der Waals surface area contributed by atoms with Gasteiger partial charge in [-0.3, -0.25) is 19.3 Å². The molecular formula is C20H14F2N2O6S. The number of nitrogens with one attached hydrogen (secondary N) is 1. The molecule has 3 rings (SSSR count). The molecule has 0 saturated carbocycles. The van der Waals surface area contributed by atoms with Crippen LogP contribution in [-0.2, 0) is 14.4 Å². The number of hydrogen-bond acceptors (Lipinski definition) is 6. The minimum atomic E-state index is -1.18. The lowest BCUT2D eigenvalue weighted by Gasteiger charge is -2.13. The molecule has 0 radical (unpaired) electrons. The van der Waals surface area contributed by atoms with Crippen molar-refractivity contribution in [2.75, 3.05) is 18.5 Å². The predicted molar refractivity (Wildman–Crippen MR) is 107 cm³/mol. The fourth-order valence-electron chi connectivity index (χ4n) is 2.57. The van der Waals surface area contributed by atoms with Crippen molar-refractivity contribution in [3.8, 4) is 5.75 Å². The van der Waals surface area contributed by atoms with Crippen LogP contribution in [0.3, 0.4) is 0 Å². The van der Waals surface area contributed by atoms with Crippen LogP contribution in [0, 0.1) is 11.6 Å². The lowest BCUT2D eigenvalue weighted by Crippen LogP contribution is -2.36. The molecule has 1 saturated heterocycles. The second-order valence-electron chi connectivity index (χ2n) is 6.16. The van der Waals surface area contributed by atoms with E-state index in [0.29, 0.717) is 28.3 Å². The normalized spacial score (nSPS) is 14.8. The zero-order valence-corrected chi connectivity index (χ0v) is 16.4. The number of carboxylic acid groups (broad SMARTS) is 1. The maximum Gasteiger partial charge on any atom is 0.341 e. The zero-order chi connectivity index (χ0) is 22.5. The van der Waals surface area contributed by atoms with Crippen LogP contribution in [0.1, 0.15) is 5.56 Å². The van der Waals surface area contributed by atoms with Gasteiger partial charge in [0.1, 0.15) is 23.9 Å². The van der Waals surface area contributed by atoms with Crippen molar-refractivity contribution in [3.05, 3.63) is 64.6 Å². The number of carbonyl (C=O) groups is 4. The Morgan fingerprint density at radius 3 is 2.61 bits per heavy atom. The first kappa shape index (κ1) is 22.0. The van der Waals surface area contributed by atoms with Gasteiger partial charge in [0, 0.05) is 11.6 Å². The Morgan fingerprint density at radius 2 is 1.90 bits per heavy atom. The number of hydrogen-bond donors (Lipinski definition) is 2. The van der Waals surface area contributed by atoms with Gasteiger partial charge in [-0.25, -0.2) is 13.6 Å².